The van der Waals surface area contributed by atoms with E-state index in [9.17, 15) is 0 Å². The van der Waals surface area contributed by atoms with Gasteiger partial charge in [0.15, 0.2) is 17.5 Å². The van der Waals surface area contributed by atoms with Gasteiger partial charge in [0.1, 0.15) is 5.76 Å². The molecule has 0 saturated heterocycles. The Kier molecular flexibility index (Phi) is 10.6. The van der Waals surface area contributed by atoms with Crippen molar-refractivity contribution in [1.29, 1.82) is 0 Å². The summed E-state index contributed by atoms with van der Waals surface area (Å²) < 4.78 is 16.6. The van der Waals surface area contributed by atoms with Crippen LogP contribution in [0.4, 0.5) is 0 Å². The molecule has 1 heterocycles. The number of hydrogen-bond acceptors (Lipinski definition) is 5. The largest absolute Gasteiger partial charge is 0.493 e. The van der Waals surface area contributed by atoms with Gasteiger partial charge in [0.05, 0.1) is 33.0 Å². The van der Waals surface area contributed by atoms with E-state index in [4.69, 9.17) is 13.9 Å². The van der Waals surface area contributed by atoms with Gasteiger partial charge >= 0.3 is 0 Å². The fourth-order valence-corrected chi connectivity index (χ4v) is 2.79. The molecule has 0 radical (unpaired) electrons. The average molecular weight is 514 g/mol. The number of allylic oxidation sites excluding steroid dienone is 1. The molecule has 0 aliphatic carbocycles. The number of hydrogen-bond donors (Lipinski definition) is 2. The number of aliphatic imine (C=N–C) groups is 1. The van der Waals surface area contributed by atoms with Crippen molar-refractivity contribution in [3.63, 3.8) is 0 Å². The van der Waals surface area contributed by atoms with E-state index in [-0.39, 0.29) is 24.0 Å². The average Bonchev–Trinajstić information content (AvgIpc) is 3.01. The van der Waals surface area contributed by atoms with E-state index in [2.05, 4.69) is 33.3 Å². The van der Waals surface area contributed by atoms with Crippen LogP contribution in [0, 0.1) is 13.8 Å². The molecule has 2 N–H and O–H groups in total. The highest BCUT2D eigenvalue weighted by molar-refractivity contribution is 14.0. The zero-order chi connectivity index (χ0) is 20.5. The maximum atomic E-state index is 5.61. The van der Waals surface area contributed by atoms with Crippen molar-refractivity contribution in [3.05, 3.63) is 53.3 Å². The Balaban J connectivity index is 0.00000420. The van der Waals surface area contributed by atoms with Crippen molar-refractivity contribution in [1.82, 2.24) is 15.6 Å². The van der Waals surface area contributed by atoms with E-state index < -0.39 is 0 Å². The highest BCUT2D eigenvalue weighted by Crippen LogP contribution is 2.33. The molecule has 0 bridgehead atoms. The van der Waals surface area contributed by atoms with E-state index in [0.29, 0.717) is 37.1 Å². The standard InChI is InChI=1S/C21H30N4O3.HI/c1-7-9-17-10-16(11-18(26-5)20(17)27-6)12-23-21(22-8-2)24-13-19-25-14(3)15(4)28-19;/h7,10-11H,1,8-9,12-13H2,2-6H3,(H2,22,23,24);1H. The fraction of sp³-hybridized carbons (Fsp3) is 0.429. The van der Waals surface area contributed by atoms with Gasteiger partial charge in [0.25, 0.3) is 0 Å². The lowest BCUT2D eigenvalue weighted by Gasteiger charge is -2.14. The molecule has 1 aromatic heterocycles. The quantitative estimate of drug-likeness (QED) is 0.229. The minimum Gasteiger partial charge on any atom is -0.493 e. The number of benzene rings is 1. The second-order valence-electron chi connectivity index (χ2n) is 6.28. The van der Waals surface area contributed by atoms with Crippen LogP contribution in [0.15, 0.2) is 34.2 Å². The van der Waals surface area contributed by atoms with E-state index >= 15 is 0 Å². The number of ether oxygens (including phenoxy) is 2. The summed E-state index contributed by atoms with van der Waals surface area (Å²) in [6, 6.07) is 4.01. The first kappa shape index (κ1) is 24.8. The Bertz CT molecular complexity index is 814. The van der Waals surface area contributed by atoms with E-state index in [1.54, 1.807) is 14.2 Å². The normalized spacial score (nSPS) is 10.9. The van der Waals surface area contributed by atoms with Gasteiger partial charge in [-0.15, -0.1) is 30.6 Å². The van der Waals surface area contributed by atoms with E-state index in [1.165, 1.54) is 0 Å². The van der Waals surface area contributed by atoms with Crippen LogP contribution in [0.25, 0.3) is 0 Å². The van der Waals surface area contributed by atoms with Crippen molar-refractivity contribution in [2.75, 3.05) is 20.8 Å². The van der Waals surface area contributed by atoms with Gasteiger partial charge in [-0.3, -0.25) is 0 Å². The van der Waals surface area contributed by atoms with Gasteiger partial charge in [0.2, 0.25) is 5.89 Å². The second-order valence-corrected chi connectivity index (χ2v) is 6.28. The molecule has 2 aromatic rings. The molecular formula is C21H31IN4O3. The number of nitrogens with zero attached hydrogens (tertiary/aromatic N) is 2. The first-order valence-corrected chi connectivity index (χ1v) is 9.32. The van der Waals surface area contributed by atoms with Crippen molar-refractivity contribution in [2.24, 2.45) is 4.99 Å². The van der Waals surface area contributed by atoms with Crippen LogP contribution in [0.2, 0.25) is 0 Å². The van der Waals surface area contributed by atoms with E-state index in [1.807, 2.05) is 32.9 Å². The lowest BCUT2D eigenvalue weighted by molar-refractivity contribution is 0.352. The maximum Gasteiger partial charge on any atom is 0.214 e. The fourth-order valence-electron chi connectivity index (χ4n) is 2.79. The highest BCUT2D eigenvalue weighted by atomic mass is 127. The van der Waals surface area contributed by atoms with Gasteiger partial charge < -0.3 is 24.5 Å². The third-order valence-corrected chi connectivity index (χ3v) is 4.22. The van der Waals surface area contributed by atoms with Gasteiger partial charge in [-0.05, 0) is 44.9 Å². The Morgan fingerprint density at radius 1 is 1.24 bits per heavy atom. The molecule has 7 nitrogen and oxygen atoms in total. The molecule has 8 heteroatoms. The highest BCUT2D eigenvalue weighted by Gasteiger charge is 2.12. The molecular weight excluding hydrogens is 483 g/mol. The van der Waals surface area contributed by atoms with Crippen molar-refractivity contribution >= 4 is 29.9 Å². The summed E-state index contributed by atoms with van der Waals surface area (Å²) in [4.78, 5) is 9.05. The van der Waals surface area contributed by atoms with Crippen LogP contribution in [0.3, 0.4) is 0 Å². The number of aromatic nitrogens is 1. The molecule has 1 aromatic carbocycles. The molecule has 0 spiro atoms. The van der Waals surface area contributed by atoms with Gasteiger partial charge in [-0.2, -0.15) is 0 Å². The lowest BCUT2D eigenvalue weighted by Crippen LogP contribution is -2.36. The van der Waals surface area contributed by atoms with Crippen molar-refractivity contribution in [3.8, 4) is 11.5 Å². The van der Waals surface area contributed by atoms with Crippen molar-refractivity contribution in [2.45, 2.75) is 40.3 Å². The molecule has 0 amide bonds. The van der Waals surface area contributed by atoms with Crippen LogP contribution in [0.5, 0.6) is 11.5 Å². The number of oxazole rings is 1. The Labute approximate surface area is 190 Å². The molecule has 0 atom stereocenters. The number of halogens is 1. The lowest BCUT2D eigenvalue weighted by atomic mass is 10.1. The second kappa shape index (κ2) is 12.4. The zero-order valence-corrected chi connectivity index (χ0v) is 20.1. The minimum absolute atomic E-state index is 0. The molecule has 29 heavy (non-hydrogen) atoms. The van der Waals surface area contributed by atoms with Crippen LogP contribution in [0.1, 0.15) is 35.4 Å². The third kappa shape index (κ3) is 6.95. The summed E-state index contributed by atoms with van der Waals surface area (Å²) >= 11 is 0. The number of aryl methyl sites for hydroxylation is 2. The Hall–Kier alpha value is -2.23. The zero-order valence-electron chi connectivity index (χ0n) is 17.8. The predicted octanol–water partition coefficient (Wildman–Crippen LogP) is 3.91. The molecule has 0 aliphatic heterocycles. The summed E-state index contributed by atoms with van der Waals surface area (Å²) in [5, 5.41) is 6.48. The summed E-state index contributed by atoms with van der Waals surface area (Å²) in [6.45, 7) is 11.4. The number of rotatable bonds is 9. The number of nitrogens with one attached hydrogen (secondary N) is 2. The maximum absolute atomic E-state index is 5.61. The molecule has 0 saturated carbocycles. The summed E-state index contributed by atoms with van der Waals surface area (Å²) in [7, 11) is 3.27. The Morgan fingerprint density at radius 3 is 2.55 bits per heavy atom. The first-order chi connectivity index (χ1) is 13.5. The van der Waals surface area contributed by atoms with E-state index in [0.717, 1.165) is 34.9 Å². The minimum atomic E-state index is 0. The third-order valence-electron chi connectivity index (χ3n) is 4.22. The number of guanidine groups is 1. The van der Waals surface area contributed by atoms with Crippen LogP contribution in [-0.2, 0) is 19.5 Å². The summed E-state index contributed by atoms with van der Waals surface area (Å²) in [5.41, 5.74) is 2.94. The van der Waals surface area contributed by atoms with Crippen LogP contribution >= 0.6 is 24.0 Å². The smallest absolute Gasteiger partial charge is 0.214 e. The SMILES string of the molecule is C=CCc1cc(CN=C(NCC)NCc2nc(C)c(C)o2)cc(OC)c1OC.I. The van der Waals surface area contributed by atoms with Crippen LogP contribution < -0.4 is 20.1 Å². The molecule has 0 fully saturated rings. The molecule has 160 valence electrons. The first-order valence-electron chi connectivity index (χ1n) is 9.32. The van der Waals surface area contributed by atoms with Gasteiger partial charge in [-0.25, -0.2) is 9.98 Å². The summed E-state index contributed by atoms with van der Waals surface area (Å²) in [6.07, 6.45) is 2.54. The van der Waals surface area contributed by atoms with Gasteiger partial charge in [0, 0.05) is 12.1 Å². The monoisotopic (exact) mass is 514 g/mol. The predicted molar refractivity (Wildman–Crippen MR) is 126 cm³/mol. The van der Waals surface area contributed by atoms with Crippen LogP contribution in [-0.4, -0.2) is 31.7 Å². The number of methoxy groups -OCH3 is 2. The summed E-state index contributed by atoms with van der Waals surface area (Å²) in [5.74, 6) is 3.58. The van der Waals surface area contributed by atoms with Gasteiger partial charge in [-0.1, -0.05) is 6.08 Å². The Morgan fingerprint density at radius 2 is 2.00 bits per heavy atom. The molecule has 2 rings (SSSR count). The molecule has 0 unspecified atom stereocenters. The molecule has 0 aliphatic rings. The topological polar surface area (TPSA) is 80.9 Å². The van der Waals surface area contributed by atoms with Crippen molar-refractivity contribution < 1.29 is 13.9 Å².